The maximum atomic E-state index is 10.5. The number of halogens is 18. The molecule has 0 saturated heterocycles. The molecule has 10 aromatic carbocycles. The van der Waals surface area contributed by atoms with Crippen LogP contribution in [0, 0.1) is 7.14 Å². The molecule has 0 unspecified atom stereocenters. The van der Waals surface area contributed by atoms with Crippen molar-refractivity contribution in [2.75, 3.05) is 13.3 Å². The summed E-state index contributed by atoms with van der Waals surface area (Å²) in [5.74, 6) is 1.01. The van der Waals surface area contributed by atoms with Gasteiger partial charge in [0.15, 0.2) is 36.5 Å². The molecule has 0 aliphatic rings. The van der Waals surface area contributed by atoms with Gasteiger partial charge in [0.05, 0.1) is 28.4 Å². The third-order valence-corrected chi connectivity index (χ3v) is 20.7. The number of benzene rings is 10. The average Bonchev–Trinajstić information content (AvgIpc) is 0.796. The topological polar surface area (TPSA) is 9.23 Å². The largest absolute Gasteiger partial charge is 0.166 e. The zero-order valence-corrected chi connectivity index (χ0v) is 62.2. The van der Waals surface area contributed by atoms with Crippen molar-refractivity contribution in [1.29, 1.82) is 0 Å². The van der Waals surface area contributed by atoms with Crippen molar-refractivity contribution in [3.05, 3.63) is 292 Å². The Morgan fingerprint density at radius 1 is 0.316 bits per heavy atom. The molecule has 0 fully saturated rings. The van der Waals surface area contributed by atoms with Gasteiger partial charge in [-0.15, -0.1) is 0 Å². The normalized spacial score (nSPS) is 13.5. The molecule has 26 heteroatoms. The van der Waals surface area contributed by atoms with E-state index in [1.807, 2.05) is 0 Å². The minimum atomic E-state index is -11.2. The molecule has 0 aromatic heterocycles. The summed E-state index contributed by atoms with van der Waals surface area (Å²) in [6.07, 6.45) is 7.85. The van der Waals surface area contributed by atoms with Crippen LogP contribution < -0.4 is 25.9 Å². The maximum absolute atomic E-state index is 11.2. The van der Waals surface area contributed by atoms with E-state index in [0.717, 1.165) is 12.4 Å². The minimum absolute atomic E-state index is 0.0655. The van der Waals surface area contributed by atoms with Crippen LogP contribution in [0.25, 0.3) is 0 Å². The van der Waals surface area contributed by atoms with Crippen molar-refractivity contribution in [2.24, 2.45) is 0 Å². The first-order valence-electron chi connectivity index (χ1n) is 28.8. The first-order valence-corrected chi connectivity index (χ1v) is 49.2. The zero-order chi connectivity index (χ0) is 69.9. The molecular formula is C69H67F17IOPS4Sb2. The fraction of sp³-hybridized carbons (Fsp3) is 0.130. The Hall–Kier alpha value is -4.99. The number of hydrogen-bond donors (Lipinski definition) is 0. The van der Waals surface area contributed by atoms with Crippen LogP contribution in [0.4, 0.5) is 54.7 Å². The van der Waals surface area contributed by atoms with Gasteiger partial charge >= 0.3 is 129 Å². The molecule has 0 bridgehead atoms. The Morgan fingerprint density at radius 3 is 0.842 bits per heavy atom. The van der Waals surface area contributed by atoms with Crippen molar-refractivity contribution in [3.8, 4) is 5.75 Å². The summed E-state index contributed by atoms with van der Waals surface area (Å²) < 4.78 is 180. The van der Waals surface area contributed by atoms with Gasteiger partial charge in [-0.25, -0.2) is 0 Å². The van der Waals surface area contributed by atoms with Crippen LogP contribution in [0.2, 0.25) is 0 Å². The van der Waals surface area contributed by atoms with Gasteiger partial charge in [0.2, 0.25) is 0 Å². The van der Waals surface area contributed by atoms with E-state index < -0.39 is 53.1 Å². The molecule has 0 aliphatic heterocycles. The van der Waals surface area contributed by atoms with Crippen LogP contribution in [0.15, 0.2) is 334 Å². The van der Waals surface area contributed by atoms with Crippen molar-refractivity contribution >= 4 is 91.8 Å². The van der Waals surface area contributed by atoms with Gasteiger partial charge < -0.3 is 4.74 Å². The zero-order valence-electron chi connectivity index (χ0n) is 50.8. The van der Waals surface area contributed by atoms with Crippen LogP contribution in [0.5, 0.6) is 5.75 Å². The third kappa shape index (κ3) is 42.4. The van der Waals surface area contributed by atoms with E-state index in [1.54, 1.807) is 23.5 Å². The predicted octanol–water partition coefficient (Wildman–Crippen LogP) is 23.8. The monoisotopic (exact) mass is 1760 g/mol. The van der Waals surface area contributed by atoms with Gasteiger partial charge in [0.1, 0.15) is 5.75 Å². The Balaban J connectivity index is 0.000000224. The van der Waals surface area contributed by atoms with Crippen LogP contribution in [0.3, 0.4) is 0 Å². The molecule has 0 spiro atoms. The smallest absolute Gasteiger partial charge is 0.0901 e. The Morgan fingerprint density at radius 2 is 0.547 bits per heavy atom. The van der Waals surface area contributed by atoms with E-state index >= 15 is 0 Å². The first kappa shape index (κ1) is 80.7. The minimum Gasteiger partial charge on any atom is -0.0901 e. The molecule has 514 valence electrons. The van der Waals surface area contributed by atoms with E-state index in [1.165, 1.54) is 94.6 Å². The second kappa shape index (κ2) is 33.7. The molecule has 0 atom stereocenters. The summed E-state index contributed by atoms with van der Waals surface area (Å²) in [4.78, 5) is 13.2. The second-order valence-corrected chi connectivity index (χ2v) is 43.8. The summed E-state index contributed by atoms with van der Waals surface area (Å²) >= 11 is -19.0. The SMILES string of the molecule is CCCCCCCCOc1ccc([I+]c2ccccc2)cc1.C[P-](F)(F)(F)(F)F.[F][Sb-]([F])([F])([F])([F])[F].[F][Sb-]([F])([F])([F])([F])[F].c1ccc(Sc2ccc([S+](c3ccccc3)c3ccccc3)cc2)cc1.c1ccc(Sc2ccc([S+](c3ccccc3)c3ccccc3)cc2)cc1. The van der Waals surface area contributed by atoms with Crippen molar-refractivity contribution in [1.82, 2.24) is 0 Å². The Kier molecular flexibility index (Phi) is 28.6. The molecule has 95 heavy (non-hydrogen) atoms. The molecule has 0 saturated carbocycles. The predicted molar refractivity (Wildman–Crippen MR) is 356 cm³/mol. The Bertz CT molecular complexity index is 3480. The summed E-state index contributed by atoms with van der Waals surface area (Å²) in [5.41, 5.74) is 0. The van der Waals surface area contributed by atoms with E-state index in [2.05, 4.69) is 292 Å². The fourth-order valence-corrected chi connectivity index (χ4v) is 15.9. The van der Waals surface area contributed by atoms with Crippen LogP contribution in [-0.2, 0) is 21.8 Å². The number of rotatable bonds is 20. The quantitative estimate of drug-likeness (QED) is 0.0188. The number of unbranched alkanes of at least 4 members (excludes halogenated alkanes) is 5. The summed E-state index contributed by atoms with van der Waals surface area (Å²) in [6.45, 7) is 2.14. The molecule has 0 heterocycles. The molecule has 0 aliphatic carbocycles. The van der Waals surface area contributed by atoms with Crippen molar-refractivity contribution in [2.45, 2.75) is 94.4 Å². The summed E-state index contributed by atoms with van der Waals surface area (Å²) in [6, 6.07) is 102. The average molecular weight is 1760 g/mol. The van der Waals surface area contributed by atoms with Gasteiger partial charge in [0, 0.05) is 19.6 Å². The molecule has 1 nitrogen and oxygen atoms in total. The maximum Gasteiger partial charge on any atom is 0.166 e. The molecule has 10 aromatic rings. The molecular weight excluding hydrogens is 1700 g/mol. The van der Waals surface area contributed by atoms with E-state index in [0.29, 0.717) is 0 Å². The fourth-order valence-electron chi connectivity index (χ4n) is 7.85. The first-order chi connectivity index (χ1) is 44.0. The number of hydrogen-bond acceptors (Lipinski definition) is 3. The van der Waals surface area contributed by atoms with Crippen molar-refractivity contribution < 1.29 is 80.7 Å². The standard InChI is InChI=1S/2C24H19S2.C20H26IO.CH3F5P.12FH.2Sb/c2*1-4-10-20(11-5-1)25-21-16-18-24(19-17-21)26(22-12-6-2-7-13-22)23-14-8-3-9-15-23;1-2-3-4-5-6-10-17-22-20-15-13-19(14-16-20)21-18-11-8-7-9-12-18;1-7(2,3,4,5)6;;;;;;;;;;;;;;/h2*1-19H;7-9,11-16H,2-6,10,17H2,1H3;1H3;12*1H;;/q3*+1;-1;;;;;;;;;;;;;2*+5/p-12. The van der Waals surface area contributed by atoms with Crippen LogP contribution in [0.1, 0.15) is 45.4 Å². The van der Waals surface area contributed by atoms with E-state index in [-0.39, 0.29) is 43.0 Å². The van der Waals surface area contributed by atoms with Crippen LogP contribution >= 0.6 is 31.0 Å². The Labute approximate surface area is 572 Å². The second-order valence-electron chi connectivity index (χ2n) is 20.5. The van der Waals surface area contributed by atoms with E-state index in [4.69, 9.17) is 4.74 Å². The third-order valence-electron chi connectivity index (χ3n) is 11.5. The van der Waals surface area contributed by atoms with Gasteiger partial charge in [-0.1, -0.05) is 190 Å². The summed E-state index contributed by atoms with van der Waals surface area (Å²) in [7, 11) is -9.31. The molecule has 0 N–H and O–H groups in total. The van der Waals surface area contributed by atoms with E-state index in [9.17, 15) is 54.7 Å². The van der Waals surface area contributed by atoms with Crippen molar-refractivity contribution in [3.63, 3.8) is 0 Å². The molecule has 0 radical (unpaired) electrons. The van der Waals surface area contributed by atoms with Gasteiger partial charge in [-0.2, -0.15) is 0 Å². The molecule has 10 rings (SSSR count). The van der Waals surface area contributed by atoms with Gasteiger partial charge in [0.25, 0.3) is 0 Å². The van der Waals surface area contributed by atoms with Gasteiger partial charge in [-0.05, 0) is 164 Å². The van der Waals surface area contributed by atoms with Gasteiger partial charge in [-0.3, -0.25) is 0 Å². The summed E-state index contributed by atoms with van der Waals surface area (Å²) in [5, 5.41) is 0. The molecule has 0 amide bonds. The van der Waals surface area contributed by atoms with Crippen LogP contribution in [-0.4, -0.2) is 52.2 Å². The number of ether oxygens (including phenoxy) is 1.